The third-order valence-corrected chi connectivity index (χ3v) is 7.62. The van der Waals surface area contributed by atoms with Crippen molar-refractivity contribution in [2.75, 3.05) is 29.8 Å². The van der Waals surface area contributed by atoms with Crippen molar-refractivity contribution in [3.05, 3.63) is 23.4 Å². The van der Waals surface area contributed by atoms with Gasteiger partial charge in [0.15, 0.2) is 5.79 Å². The van der Waals surface area contributed by atoms with Gasteiger partial charge in [-0.3, -0.25) is 4.99 Å². The van der Waals surface area contributed by atoms with Crippen LogP contribution in [0.15, 0.2) is 17.3 Å². The molecule has 2 unspecified atom stereocenters. The highest BCUT2D eigenvalue weighted by Crippen LogP contribution is 2.45. The maximum absolute atomic E-state index is 5.88. The predicted octanol–water partition coefficient (Wildman–Crippen LogP) is 3.76. The lowest BCUT2D eigenvalue weighted by Gasteiger charge is -2.35. The number of hydrogen-bond donors (Lipinski definition) is 1. The van der Waals surface area contributed by atoms with E-state index >= 15 is 0 Å². The molecule has 1 aliphatic carbocycles. The van der Waals surface area contributed by atoms with E-state index in [-0.39, 0.29) is 5.79 Å². The minimum Gasteiger partial charge on any atom is -0.348 e. The molecule has 26 heavy (non-hydrogen) atoms. The van der Waals surface area contributed by atoms with Gasteiger partial charge in [-0.05, 0) is 37.3 Å². The number of thioether (sulfide) groups is 1. The van der Waals surface area contributed by atoms with Gasteiger partial charge >= 0.3 is 0 Å². The summed E-state index contributed by atoms with van der Waals surface area (Å²) in [6.45, 7) is 4.48. The highest BCUT2D eigenvalue weighted by atomic mass is 32.2. The van der Waals surface area contributed by atoms with E-state index in [0.717, 1.165) is 57.0 Å². The number of pyridine rings is 1. The van der Waals surface area contributed by atoms with Crippen molar-refractivity contribution in [2.24, 2.45) is 4.99 Å². The molecule has 0 bridgehead atoms. The molecule has 1 aromatic rings. The van der Waals surface area contributed by atoms with E-state index in [1.54, 1.807) is 0 Å². The van der Waals surface area contributed by atoms with Gasteiger partial charge in [0.25, 0.3) is 0 Å². The smallest absolute Gasteiger partial charge is 0.168 e. The molecule has 5 rings (SSSR count). The quantitative estimate of drug-likeness (QED) is 0.778. The monoisotopic (exact) mass is 391 g/mol. The molecular weight excluding hydrogens is 366 g/mol. The summed E-state index contributed by atoms with van der Waals surface area (Å²) in [5.41, 5.74) is 2.69. The Labute approximate surface area is 164 Å². The van der Waals surface area contributed by atoms with Crippen molar-refractivity contribution >= 4 is 35.4 Å². The average Bonchev–Trinajstić information content (AvgIpc) is 3.36. The molecule has 0 aromatic carbocycles. The van der Waals surface area contributed by atoms with E-state index in [2.05, 4.69) is 32.0 Å². The molecule has 0 amide bonds. The number of ether oxygens (including phenoxy) is 2. The van der Waals surface area contributed by atoms with E-state index in [1.165, 1.54) is 16.2 Å². The normalized spacial score (nSPS) is 30.8. The van der Waals surface area contributed by atoms with Crippen molar-refractivity contribution in [1.82, 2.24) is 4.98 Å². The Balaban J connectivity index is 1.37. The van der Waals surface area contributed by atoms with Crippen molar-refractivity contribution < 1.29 is 9.47 Å². The van der Waals surface area contributed by atoms with Crippen LogP contribution < -0.4 is 4.31 Å². The Morgan fingerprint density at radius 3 is 2.73 bits per heavy atom. The summed E-state index contributed by atoms with van der Waals surface area (Å²) in [6.07, 6.45) is 6.24. The first kappa shape index (κ1) is 17.3. The zero-order chi connectivity index (χ0) is 17.7. The summed E-state index contributed by atoms with van der Waals surface area (Å²) in [4.78, 5) is 9.63. The SMILES string of the molecule is CC1=NC(C2CN(S)c3ncc(C4CCC5(CC4)OCCO5)cc32)CS1. The summed E-state index contributed by atoms with van der Waals surface area (Å²) in [6, 6.07) is 2.73. The van der Waals surface area contributed by atoms with Crippen LogP contribution in [0.5, 0.6) is 0 Å². The summed E-state index contributed by atoms with van der Waals surface area (Å²) in [5.74, 6) is 2.74. The van der Waals surface area contributed by atoms with Crippen molar-refractivity contribution in [3.63, 3.8) is 0 Å². The van der Waals surface area contributed by atoms with Crippen molar-refractivity contribution in [3.8, 4) is 0 Å². The lowest BCUT2D eigenvalue weighted by molar-refractivity contribution is -0.178. The van der Waals surface area contributed by atoms with Crippen LogP contribution >= 0.6 is 24.6 Å². The molecule has 4 aliphatic rings. The fourth-order valence-corrected chi connectivity index (χ4v) is 6.07. The van der Waals surface area contributed by atoms with Crippen LogP contribution in [0.3, 0.4) is 0 Å². The second-order valence-electron chi connectivity index (χ2n) is 7.78. The molecule has 2 fully saturated rings. The standard InChI is InChI=1S/C19H25N3O2S2/c1-12-21-17(11-26-12)16-10-22(25)18-15(16)8-14(9-20-18)13-2-4-19(5-3-13)23-6-7-24-19/h8-9,13,16-17,25H,2-7,10-11H2,1H3. The van der Waals surface area contributed by atoms with Crippen LogP contribution in [0.2, 0.25) is 0 Å². The second kappa shape index (κ2) is 6.69. The molecular formula is C19H25N3O2S2. The number of thiol groups is 1. The molecule has 3 aliphatic heterocycles. The molecule has 1 saturated heterocycles. The first-order valence-electron chi connectivity index (χ1n) is 9.55. The van der Waals surface area contributed by atoms with Gasteiger partial charge in [-0.15, -0.1) is 11.8 Å². The third-order valence-electron chi connectivity index (χ3n) is 6.24. The zero-order valence-electron chi connectivity index (χ0n) is 15.1. The first-order valence-corrected chi connectivity index (χ1v) is 10.9. The van der Waals surface area contributed by atoms with Gasteiger partial charge in [-0.1, -0.05) is 12.8 Å². The fraction of sp³-hybridized carbons (Fsp3) is 0.684. The Bertz CT molecular complexity index is 725. The lowest BCUT2D eigenvalue weighted by Crippen LogP contribution is -2.34. The first-order chi connectivity index (χ1) is 12.6. The largest absolute Gasteiger partial charge is 0.348 e. The van der Waals surface area contributed by atoms with Crippen molar-refractivity contribution in [2.45, 2.75) is 56.3 Å². The Kier molecular flexibility index (Phi) is 4.46. The predicted molar refractivity (Wildman–Crippen MR) is 109 cm³/mol. The maximum atomic E-state index is 5.88. The Morgan fingerprint density at radius 2 is 2.04 bits per heavy atom. The summed E-state index contributed by atoms with van der Waals surface area (Å²) < 4.78 is 13.7. The molecule has 0 radical (unpaired) electrons. The minimum atomic E-state index is -0.293. The Hall–Kier alpha value is -0.760. The van der Waals surface area contributed by atoms with E-state index in [4.69, 9.17) is 19.5 Å². The number of fused-ring (bicyclic) bond motifs is 1. The van der Waals surface area contributed by atoms with Crippen LogP contribution in [0.1, 0.15) is 55.6 Å². The van der Waals surface area contributed by atoms with E-state index < -0.39 is 0 Å². The number of aliphatic imine (C=N–C) groups is 1. The molecule has 1 saturated carbocycles. The van der Waals surface area contributed by atoms with Gasteiger partial charge in [0.05, 0.1) is 24.3 Å². The van der Waals surface area contributed by atoms with Gasteiger partial charge in [0.1, 0.15) is 5.82 Å². The van der Waals surface area contributed by atoms with Crippen LogP contribution in [0, 0.1) is 0 Å². The van der Waals surface area contributed by atoms with E-state index in [9.17, 15) is 0 Å². The Morgan fingerprint density at radius 1 is 1.27 bits per heavy atom. The number of nitrogens with zero attached hydrogens (tertiary/aromatic N) is 3. The van der Waals surface area contributed by atoms with Gasteiger partial charge in [-0.25, -0.2) is 4.98 Å². The highest BCUT2D eigenvalue weighted by molar-refractivity contribution is 8.14. The van der Waals surface area contributed by atoms with E-state index in [1.807, 2.05) is 16.1 Å². The molecule has 1 spiro atoms. The van der Waals surface area contributed by atoms with Crippen LogP contribution in [-0.4, -0.2) is 47.4 Å². The van der Waals surface area contributed by atoms with Gasteiger partial charge < -0.3 is 13.8 Å². The van der Waals surface area contributed by atoms with E-state index in [0.29, 0.717) is 17.9 Å². The van der Waals surface area contributed by atoms with Gasteiger partial charge in [-0.2, -0.15) is 0 Å². The third kappa shape index (κ3) is 2.97. The highest BCUT2D eigenvalue weighted by Gasteiger charge is 2.41. The number of hydrogen-bond acceptors (Lipinski definition) is 7. The number of aromatic nitrogens is 1. The molecule has 4 heterocycles. The molecule has 7 heteroatoms. The number of anilines is 1. The summed E-state index contributed by atoms with van der Waals surface area (Å²) in [7, 11) is 0. The van der Waals surface area contributed by atoms with Crippen LogP contribution in [-0.2, 0) is 9.47 Å². The molecule has 5 nitrogen and oxygen atoms in total. The number of rotatable bonds is 2. The van der Waals surface area contributed by atoms with Gasteiger partial charge in [0, 0.05) is 42.8 Å². The average molecular weight is 392 g/mol. The maximum Gasteiger partial charge on any atom is 0.168 e. The van der Waals surface area contributed by atoms with Crippen LogP contribution in [0.4, 0.5) is 5.82 Å². The van der Waals surface area contributed by atoms with Crippen LogP contribution in [0.25, 0.3) is 0 Å². The molecule has 0 N–H and O–H groups in total. The molecule has 1 aromatic heterocycles. The van der Waals surface area contributed by atoms with Crippen molar-refractivity contribution in [1.29, 1.82) is 0 Å². The summed E-state index contributed by atoms with van der Waals surface area (Å²) in [5, 5.41) is 1.20. The lowest BCUT2D eigenvalue weighted by atomic mass is 9.80. The minimum absolute atomic E-state index is 0.293. The fourth-order valence-electron chi connectivity index (χ4n) is 4.80. The van der Waals surface area contributed by atoms with Gasteiger partial charge in [0.2, 0.25) is 0 Å². The molecule has 140 valence electrons. The topological polar surface area (TPSA) is 47.0 Å². The zero-order valence-corrected chi connectivity index (χ0v) is 16.8. The summed E-state index contributed by atoms with van der Waals surface area (Å²) >= 11 is 6.51. The molecule has 2 atom stereocenters. The second-order valence-corrected chi connectivity index (χ2v) is 9.47.